The minimum absolute atomic E-state index is 0.143. The normalized spacial score (nSPS) is 16.0. The predicted octanol–water partition coefficient (Wildman–Crippen LogP) is 8.74. The molecule has 278 valence electrons. The lowest BCUT2D eigenvalue weighted by Crippen LogP contribution is -2.37. The first-order chi connectivity index (χ1) is 24.6. The maximum absolute atomic E-state index is 11.2. The van der Waals surface area contributed by atoms with E-state index in [0.717, 1.165) is 84.1 Å². The van der Waals surface area contributed by atoms with Crippen LogP contribution in [0.1, 0.15) is 76.3 Å². The van der Waals surface area contributed by atoms with Crippen LogP contribution < -0.4 is 9.47 Å². The number of hydrogen-bond donors (Lipinski definition) is 1. The van der Waals surface area contributed by atoms with Gasteiger partial charge >= 0.3 is 5.97 Å². The van der Waals surface area contributed by atoms with E-state index < -0.39 is 11.6 Å². The zero-order chi connectivity index (χ0) is 36.8. The van der Waals surface area contributed by atoms with Crippen LogP contribution in [0.25, 0.3) is 22.9 Å². The van der Waals surface area contributed by atoms with Gasteiger partial charge in [0.1, 0.15) is 40.5 Å². The van der Waals surface area contributed by atoms with Gasteiger partial charge in [-0.1, -0.05) is 44.0 Å². The number of halogens is 1. The van der Waals surface area contributed by atoms with Crippen molar-refractivity contribution in [3.63, 3.8) is 0 Å². The third-order valence-corrected chi connectivity index (χ3v) is 8.98. The summed E-state index contributed by atoms with van der Waals surface area (Å²) in [5.41, 5.74) is 2.24. The van der Waals surface area contributed by atoms with Crippen molar-refractivity contribution in [1.82, 2.24) is 9.97 Å². The van der Waals surface area contributed by atoms with Gasteiger partial charge in [-0.25, -0.2) is 14.8 Å². The van der Waals surface area contributed by atoms with Crippen LogP contribution >= 0.6 is 11.6 Å². The maximum Gasteiger partial charge on any atom is 0.335 e. The first-order valence-corrected chi connectivity index (χ1v) is 18.0. The molecule has 1 saturated carbocycles. The van der Waals surface area contributed by atoms with Gasteiger partial charge < -0.3 is 37.6 Å². The SMILES string of the molecule is CCc1oc(-c2cccc(OC)c2)nc1COCCl.CCc1oc(-c2cccc(OC)c2)nc1COC[C@H]1CCC[C@@H](COC(C)(C)C(=O)O)C1. The summed E-state index contributed by atoms with van der Waals surface area (Å²) in [7, 11) is 3.27. The molecule has 0 aliphatic heterocycles. The molecule has 1 fully saturated rings. The number of carbonyl (C=O) groups is 1. The molecule has 0 spiro atoms. The van der Waals surface area contributed by atoms with E-state index in [1.807, 2.05) is 62.4 Å². The summed E-state index contributed by atoms with van der Waals surface area (Å²) in [5, 5.41) is 9.23. The fourth-order valence-corrected chi connectivity index (χ4v) is 5.93. The highest BCUT2D eigenvalue weighted by molar-refractivity contribution is 6.17. The third-order valence-electron chi connectivity index (χ3n) is 8.83. The number of benzene rings is 2. The van der Waals surface area contributed by atoms with Gasteiger partial charge in [0.2, 0.25) is 11.8 Å². The maximum atomic E-state index is 11.2. The number of carboxylic acid groups (broad SMARTS) is 1. The Hall–Kier alpha value is -3.90. The summed E-state index contributed by atoms with van der Waals surface area (Å²) < 4.78 is 39.1. The van der Waals surface area contributed by atoms with Gasteiger partial charge in [-0.3, -0.25) is 0 Å². The number of rotatable bonds is 17. The molecule has 2 heterocycles. The Labute approximate surface area is 305 Å². The predicted molar refractivity (Wildman–Crippen MR) is 194 cm³/mol. The number of aryl methyl sites for hydroxylation is 2. The Kier molecular flexibility index (Phi) is 15.4. The average molecular weight is 727 g/mol. The van der Waals surface area contributed by atoms with Gasteiger partial charge in [-0.2, -0.15) is 0 Å². The second kappa shape index (κ2) is 19.6. The molecule has 11 nitrogen and oxygen atoms in total. The average Bonchev–Trinajstić information content (AvgIpc) is 3.77. The van der Waals surface area contributed by atoms with Gasteiger partial charge in [-0.15, -0.1) is 0 Å². The van der Waals surface area contributed by atoms with E-state index in [4.69, 9.17) is 44.1 Å². The molecule has 51 heavy (non-hydrogen) atoms. The molecule has 0 amide bonds. The van der Waals surface area contributed by atoms with Crippen LogP contribution in [-0.2, 0) is 45.1 Å². The number of aromatic nitrogens is 2. The van der Waals surface area contributed by atoms with Crippen molar-refractivity contribution in [2.75, 3.05) is 33.5 Å². The lowest BCUT2D eigenvalue weighted by atomic mass is 9.82. The molecular weight excluding hydrogens is 676 g/mol. The van der Waals surface area contributed by atoms with Crippen molar-refractivity contribution in [2.24, 2.45) is 11.8 Å². The van der Waals surface area contributed by atoms with Gasteiger partial charge in [0, 0.05) is 30.6 Å². The monoisotopic (exact) mass is 726 g/mol. The molecular formula is C39H51ClN2O9. The molecule has 4 aromatic rings. The fourth-order valence-electron chi connectivity index (χ4n) is 5.85. The zero-order valence-electron chi connectivity index (χ0n) is 30.5. The number of nitrogens with zero attached hydrogens (tertiary/aromatic N) is 2. The van der Waals surface area contributed by atoms with Crippen LogP contribution in [0, 0.1) is 11.8 Å². The number of oxazole rings is 2. The van der Waals surface area contributed by atoms with E-state index >= 15 is 0 Å². The Balaban J connectivity index is 0.000000261. The summed E-state index contributed by atoms with van der Waals surface area (Å²) in [6.45, 7) is 9.17. The van der Waals surface area contributed by atoms with E-state index in [2.05, 4.69) is 9.97 Å². The van der Waals surface area contributed by atoms with Crippen molar-refractivity contribution in [2.45, 2.75) is 85.0 Å². The van der Waals surface area contributed by atoms with Crippen molar-refractivity contribution >= 4 is 17.6 Å². The number of alkyl halides is 1. The minimum atomic E-state index is -1.15. The summed E-state index contributed by atoms with van der Waals surface area (Å²) in [6, 6.07) is 15.4. The summed E-state index contributed by atoms with van der Waals surface area (Å²) in [5.74, 6) is 4.23. The Bertz CT molecular complexity index is 1670. The number of methoxy groups -OCH3 is 2. The van der Waals surface area contributed by atoms with Crippen LogP contribution in [0.5, 0.6) is 11.5 Å². The Morgan fingerprint density at radius 1 is 0.843 bits per heavy atom. The van der Waals surface area contributed by atoms with Crippen LogP contribution in [-0.4, -0.2) is 60.1 Å². The molecule has 0 radical (unpaired) electrons. The summed E-state index contributed by atoms with van der Waals surface area (Å²) >= 11 is 5.51. The standard InChI is InChI=1S/C25H35NO6.C14H16ClNO3/c1-5-22-21(26-23(32-22)19-10-7-11-20(13-19)29-4)16-30-14-17-8-6-9-18(12-17)15-31-25(2,3)24(27)28;1-3-13-12(8-18-9-15)16-14(19-13)10-5-4-6-11(7-10)17-2/h7,10-11,13,17-18H,5-6,8-9,12,14-16H2,1-4H3,(H,27,28);4-7H,3,8-9H2,1-2H3/t17-,18+;/m0./s1. The van der Waals surface area contributed by atoms with E-state index in [1.54, 1.807) is 28.1 Å². The molecule has 1 aliphatic rings. The third kappa shape index (κ3) is 11.6. The van der Waals surface area contributed by atoms with Gasteiger partial charge in [0.15, 0.2) is 5.60 Å². The van der Waals surface area contributed by atoms with Crippen LogP contribution in [0.3, 0.4) is 0 Å². The van der Waals surface area contributed by atoms with E-state index in [0.29, 0.717) is 50.0 Å². The number of ether oxygens (including phenoxy) is 5. The van der Waals surface area contributed by atoms with E-state index in [9.17, 15) is 9.90 Å². The van der Waals surface area contributed by atoms with Gasteiger partial charge in [-0.05, 0) is 81.3 Å². The van der Waals surface area contributed by atoms with E-state index in [1.165, 1.54) is 0 Å². The summed E-state index contributed by atoms with van der Waals surface area (Å²) in [6.07, 6.45) is 5.80. The number of aliphatic carboxylic acids is 1. The topological polar surface area (TPSA) is 136 Å². The molecule has 12 heteroatoms. The van der Waals surface area contributed by atoms with Gasteiger partial charge in [0.05, 0.1) is 34.0 Å². The highest BCUT2D eigenvalue weighted by atomic mass is 35.5. The second-order valence-electron chi connectivity index (χ2n) is 12.9. The fraction of sp³-hybridized carbons (Fsp3) is 0.513. The first-order valence-electron chi connectivity index (χ1n) is 17.4. The highest BCUT2D eigenvalue weighted by Crippen LogP contribution is 2.32. The molecule has 1 N–H and O–H groups in total. The molecule has 2 atom stereocenters. The largest absolute Gasteiger partial charge is 0.497 e. The number of hydrogen-bond acceptors (Lipinski definition) is 10. The minimum Gasteiger partial charge on any atom is -0.497 e. The molecule has 2 aromatic heterocycles. The van der Waals surface area contributed by atoms with E-state index in [-0.39, 0.29) is 6.07 Å². The number of carboxylic acids is 1. The van der Waals surface area contributed by atoms with Crippen LogP contribution in [0.2, 0.25) is 0 Å². The van der Waals surface area contributed by atoms with Crippen molar-refractivity contribution in [3.8, 4) is 34.4 Å². The van der Waals surface area contributed by atoms with Crippen molar-refractivity contribution in [1.29, 1.82) is 0 Å². The molecule has 0 saturated heterocycles. The van der Waals surface area contributed by atoms with Gasteiger partial charge in [0.25, 0.3) is 0 Å². The second-order valence-corrected chi connectivity index (χ2v) is 13.2. The quantitative estimate of drug-likeness (QED) is 0.105. The molecule has 1 aliphatic carbocycles. The molecule has 0 bridgehead atoms. The Morgan fingerprint density at radius 3 is 1.82 bits per heavy atom. The smallest absolute Gasteiger partial charge is 0.335 e. The van der Waals surface area contributed by atoms with Crippen molar-refractivity contribution in [3.05, 3.63) is 71.4 Å². The highest BCUT2D eigenvalue weighted by Gasteiger charge is 2.31. The van der Waals surface area contributed by atoms with Crippen LogP contribution in [0.15, 0.2) is 57.4 Å². The lowest BCUT2D eigenvalue weighted by Gasteiger charge is -2.31. The van der Waals surface area contributed by atoms with Crippen molar-refractivity contribution < 1.29 is 42.4 Å². The Morgan fingerprint density at radius 2 is 1.35 bits per heavy atom. The van der Waals surface area contributed by atoms with Crippen LogP contribution in [0.4, 0.5) is 0 Å². The molecule has 5 rings (SSSR count). The lowest BCUT2D eigenvalue weighted by molar-refractivity contribution is -0.163. The zero-order valence-corrected chi connectivity index (χ0v) is 31.3. The first kappa shape index (κ1) is 39.9. The molecule has 2 aromatic carbocycles. The molecule has 0 unspecified atom stereocenters. The summed E-state index contributed by atoms with van der Waals surface area (Å²) in [4.78, 5) is 20.4.